The molecule has 0 aliphatic heterocycles. The maximum absolute atomic E-state index is 9.40. The topological polar surface area (TPSA) is 36.0 Å². The number of aromatic amines is 1. The van der Waals surface area contributed by atoms with Gasteiger partial charge in [0.25, 0.3) is 0 Å². The van der Waals surface area contributed by atoms with Gasteiger partial charge in [-0.05, 0) is 13.0 Å². The van der Waals surface area contributed by atoms with Gasteiger partial charge in [0.2, 0.25) is 0 Å². The van der Waals surface area contributed by atoms with Crippen LogP contribution in [0.4, 0.5) is 0 Å². The molecule has 0 aliphatic carbocycles. The van der Waals surface area contributed by atoms with Gasteiger partial charge in [0, 0.05) is 11.3 Å². The Kier molecular flexibility index (Phi) is 1.85. The Labute approximate surface area is 65.9 Å². The van der Waals surface area contributed by atoms with Gasteiger partial charge in [-0.15, -0.1) is 0 Å². The molecular weight excluding hydrogens is 138 g/mol. The van der Waals surface area contributed by atoms with Crippen molar-refractivity contribution in [2.24, 2.45) is 0 Å². The highest BCUT2D eigenvalue weighted by atomic mass is 16.3. The molecule has 1 aromatic heterocycles. The highest BCUT2D eigenvalue weighted by molar-refractivity contribution is 5.68. The van der Waals surface area contributed by atoms with Crippen molar-refractivity contribution >= 4 is 12.2 Å². The molecule has 0 fully saturated rings. The van der Waals surface area contributed by atoms with Gasteiger partial charge >= 0.3 is 0 Å². The van der Waals surface area contributed by atoms with Gasteiger partial charge in [-0.25, -0.2) is 0 Å². The normalized spacial score (nSPS) is 9.55. The van der Waals surface area contributed by atoms with Crippen LogP contribution in [0.15, 0.2) is 13.2 Å². The molecule has 0 amide bonds. The first kappa shape index (κ1) is 7.66. The fraction of sp³-hybridized carbons (Fsp3) is 0.111. The molecule has 0 radical (unpaired) electrons. The zero-order valence-electron chi connectivity index (χ0n) is 6.52. The summed E-state index contributed by atoms with van der Waals surface area (Å²) in [6, 6.07) is 0. The molecule has 1 aromatic rings. The van der Waals surface area contributed by atoms with Crippen molar-refractivity contribution in [3.05, 3.63) is 30.1 Å². The Balaban J connectivity index is 3.37. The van der Waals surface area contributed by atoms with E-state index in [1.54, 1.807) is 19.1 Å². The first-order chi connectivity index (χ1) is 5.20. The SMILES string of the molecule is C=Cc1[nH]c(C)c(O)c1C=C. The molecule has 58 valence electrons. The van der Waals surface area contributed by atoms with Crippen LogP contribution in [0.25, 0.3) is 12.2 Å². The summed E-state index contributed by atoms with van der Waals surface area (Å²) in [4.78, 5) is 2.97. The minimum absolute atomic E-state index is 0.259. The summed E-state index contributed by atoms with van der Waals surface area (Å²) in [5.74, 6) is 0.259. The maximum Gasteiger partial charge on any atom is 0.143 e. The van der Waals surface area contributed by atoms with Gasteiger partial charge in [0.15, 0.2) is 0 Å². The molecule has 0 aliphatic rings. The average Bonchev–Trinajstić information content (AvgIpc) is 2.28. The summed E-state index contributed by atoms with van der Waals surface area (Å²) in [6.07, 6.45) is 3.26. The van der Waals surface area contributed by atoms with Crippen LogP contribution in [0.1, 0.15) is 17.0 Å². The summed E-state index contributed by atoms with van der Waals surface area (Å²) >= 11 is 0. The molecule has 0 spiro atoms. The summed E-state index contributed by atoms with van der Waals surface area (Å²) in [7, 11) is 0. The lowest BCUT2D eigenvalue weighted by atomic mass is 10.2. The monoisotopic (exact) mass is 149 g/mol. The van der Waals surface area contributed by atoms with Crippen molar-refractivity contribution in [2.45, 2.75) is 6.92 Å². The Morgan fingerprint density at radius 3 is 2.36 bits per heavy atom. The molecule has 0 bridgehead atoms. The molecule has 2 N–H and O–H groups in total. The summed E-state index contributed by atoms with van der Waals surface area (Å²) in [5.41, 5.74) is 2.28. The van der Waals surface area contributed by atoms with Crippen LogP contribution in [0.2, 0.25) is 0 Å². The minimum atomic E-state index is 0.259. The third-order valence-electron chi connectivity index (χ3n) is 1.63. The average molecular weight is 149 g/mol. The van der Waals surface area contributed by atoms with Gasteiger partial charge in [-0.2, -0.15) is 0 Å². The largest absolute Gasteiger partial charge is 0.505 e. The third-order valence-corrected chi connectivity index (χ3v) is 1.63. The predicted octanol–water partition coefficient (Wildman–Crippen LogP) is 2.31. The van der Waals surface area contributed by atoms with Crippen LogP contribution in [0, 0.1) is 6.92 Å². The second-order valence-corrected chi connectivity index (χ2v) is 2.33. The third kappa shape index (κ3) is 1.07. The Bertz CT molecular complexity index is 297. The molecule has 1 rings (SSSR count). The van der Waals surface area contributed by atoms with Crippen molar-refractivity contribution in [1.82, 2.24) is 4.98 Å². The van der Waals surface area contributed by atoms with Crippen LogP contribution in [0.5, 0.6) is 5.75 Å². The number of hydrogen-bond acceptors (Lipinski definition) is 1. The highest BCUT2D eigenvalue weighted by Gasteiger charge is 2.07. The zero-order valence-corrected chi connectivity index (χ0v) is 6.52. The van der Waals surface area contributed by atoms with Gasteiger partial charge in [0.05, 0.1) is 5.69 Å². The molecule has 0 unspecified atom stereocenters. The van der Waals surface area contributed by atoms with Crippen LogP contribution in [-0.4, -0.2) is 10.1 Å². The summed E-state index contributed by atoms with van der Waals surface area (Å²) < 4.78 is 0. The summed E-state index contributed by atoms with van der Waals surface area (Å²) in [5, 5.41) is 9.40. The molecule has 2 nitrogen and oxygen atoms in total. The Morgan fingerprint density at radius 2 is 2.00 bits per heavy atom. The summed E-state index contributed by atoms with van der Waals surface area (Å²) in [6.45, 7) is 8.99. The predicted molar refractivity (Wildman–Crippen MR) is 47.4 cm³/mol. The van der Waals surface area contributed by atoms with E-state index in [0.29, 0.717) is 0 Å². The van der Waals surface area contributed by atoms with Crippen molar-refractivity contribution in [2.75, 3.05) is 0 Å². The molecule has 0 saturated heterocycles. The molecule has 0 atom stereocenters. The second kappa shape index (κ2) is 2.66. The maximum atomic E-state index is 9.40. The van der Waals surface area contributed by atoms with E-state index >= 15 is 0 Å². The number of aryl methyl sites for hydroxylation is 1. The lowest BCUT2D eigenvalue weighted by Gasteiger charge is -1.90. The quantitative estimate of drug-likeness (QED) is 0.665. The number of aromatic nitrogens is 1. The van der Waals surface area contributed by atoms with E-state index in [4.69, 9.17) is 0 Å². The van der Waals surface area contributed by atoms with Gasteiger partial charge in [-0.1, -0.05) is 19.2 Å². The minimum Gasteiger partial charge on any atom is -0.505 e. The molecule has 0 aromatic carbocycles. The number of H-pyrrole nitrogens is 1. The first-order valence-electron chi connectivity index (χ1n) is 3.37. The number of hydrogen-bond donors (Lipinski definition) is 2. The van der Waals surface area contributed by atoms with Gasteiger partial charge < -0.3 is 10.1 Å². The Morgan fingerprint density at radius 1 is 1.36 bits per heavy atom. The van der Waals surface area contributed by atoms with Gasteiger partial charge in [-0.3, -0.25) is 0 Å². The van der Waals surface area contributed by atoms with Crippen molar-refractivity contribution in [1.29, 1.82) is 0 Å². The molecule has 11 heavy (non-hydrogen) atoms. The molecule has 0 saturated carbocycles. The van der Waals surface area contributed by atoms with Gasteiger partial charge in [0.1, 0.15) is 5.75 Å². The van der Waals surface area contributed by atoms with Crippen molar-refractivity contribution in [3.8, 4) is 5.75 Å². The fourth-order valence-corrected chi connectivity index (χ4v) is 1.03. The van der Waals surface area contributed by atoms with Crippen LogP contribution in [-0.2, 0) is 0 Å². The standard InChI is InChI=1S/C9H11NO/c1-4-7-8(5-2)10-6(3)9(7)11/h4-5,10-11H,1-2H2,3H3. The van der Waals surface area contributed by atoms with E-state index in [9.17, 15) is 5.11 Å². The van der Waals surface area contributed by atoms with E-state index in [0.717, 1.165) is 17.0 Å². The number of rotatable bonds is 2. The van der Waals surface area contributed by atoms with E-state index in [-0.39, 0.29) is 5.75 Å². The lowest BCUT2D eigenvalue weighted by molar-refractivity contribution is 0.470. The zero-order chi connectivity index (χ0) is 8.43. The van der Waals surface area contributed by atoms with Crippen LogP contribution >= 0.6 is 0 Å². The molecule has 1 heterocycles. The molecule has 2 heteroatoms. The Hall–Kier alpha value is -1.44. The van der Waals surface area contributed by atoms with Crippen molar-refractivity contribution < 1.29 is 5.11 Å². The van der Waals surface area contributed by atoms with E-state index in [1.165, 1.54) is 0 Å². The number of aromatic hydroxyl groups is 1. The second-order valence-electron chi connectivity index (χ2n) is 2.33. The van der Waals surface area contributed by atoms with Crippen LogP contribution in [0.3, 0.4) is 0 Å². The van der Waals surface area contributed by atoms with Crippen molar-refractivity contribution in [3.63, 3.8) is 0 Å². The number of nitrogens with one attached hydrogen (secondary N) is 1. The van der Waals surface area contributed by atoms with Crippen LogP contribution < -0.4 is 0 Å². The highest BCUT2D eigenvalue weighted by Crippen LogP contribution is 2.26. The molecular formula is C9H11NO. The smallest absolute Gasteiger partial charge is 0.143 e. The van der Waals surface area contributed by atoms with E-state index in [2.05, 4.69) is 18.1 Å². The fourth-order valence-electron chi connectivity index (χ4n) is 1.03. The van der Waals surface area contributed by atoms with E-state index in [1.807, 2.05) is 0 Å². The lowest BCUT2D eigenvalue weighted by Crippen LogP contribution is -1.72. The first-order valence-corrected chi connectivity index (χ1v) is 3.37. The van der Waals surface area contributed by atoms with E-state index < -0.39 is 0 Å².